The van der Waals surface area contributed by atoms with E-state index in [-0.39, 0.29) is 7.37 Å². The number of rotatable bonds is 14. The molecule has 1 N–H and O–H groups in total. The molecular formula is C44H42B2O8. The molecule has 0 saturated carbocycles. The van der Waals surface area contributed by atoms with Gasteiger partial charge in [-0.25, -0.2) is 0 Å². The second kappa shape index (κ2) is 16.2. The normalized spacial score (nSPS) is 15.6. The van der Waals surface area contributed by atoms with E-state index in [1.54, 1.807) is 28.4 Å². The number of hydrogen-bond donors (Lipinski definition) is 1. The van der Waals surface area contributed by atoms with Crippen molar-refractivity contribution >= 4 is 14.4 Å². The Balaban J connectivity index is 1.32. The van der Waals surface area contributed by atoms with Gasteiger partial charge in [0, 0.05) is 0 Å². The van der Waals surface area contributed by atoms with Gasteiger partial charge in [0.15, 0.2) is 0 Å². The second-order valence-electron chi connectivity index (χ2n) is 13.0. The fourth-order valence-electron chi connectivity index (χ4n) is 7.26. The van der Waals surface area contributed by atoms with E-state index in [1.165, 1.54) is 0 Å². The fraction of sp³-hybridized carbons (Fsp3) is 0.182. The summed E-state index contributed by atoms with van der Waals surface area (Å²) in [5.41, 5.74) is 1.90. The van der Waals surface area contributed by atoms with Gasteiger partial charge in [0.05, 0.1) is 28.4 Å². The standard InChI is InChI=1S/C44H42B2O8/c1-48-37-23-15-33(16-24-37)43(47,34-17-25-38(49-2)26-18-34)41(31-11-7-5-8-12-31)52-45-46-53-42(32-13-9-6-10-14-32)44(54-46,35-19-27-39(50-3)28-20-35)36-21-29-40(51-4)30-22-36/h5-30,41-42,45,47H,1-4H3. The molecule has 0 amide bonds. The molecule has 0 radical (unpaired) electrons. The van der Waals surface area contributed by atoms with Gasteiger partial charge in [0.25, 0.3) is 0 Å². The van der Waals surface area contributed by atoms with E-state index in [0.29, 0.717) is 22.6 Å². The summed E-state index contributed by atoms with van der Waals surface area (Å²) in [6.45, 7) is 0. The Morgan fingerprint density at radius 1 is 0.574 bits per heavy atom. The molecule has 1 heterocycles. The molecule has 0 aliphatic carbocycles. The van der Waals surface area contributed by atoms with Crippen LogP contribution in [0.25, 0.3) is 0 Å². The first-order chi connectivity index (χ1) is 26.4. The molecule has 1 aliphatic rings. The maximum atomic E-state index is 13.1. The SMILES string of the molecule is COc1ccc(C(O)(c2ccc(OC)cc2)C(OBB2OC(c3ccccc3)C(c3ccc(OC)cc3)(c3ccc(OC)cc3)O2)c2ccccc2)cc1. The van der Waals surface area contributed by atoms with E-state index < -0.39 is 30.4 Å². The molecule has 2 atom stereocenters. The van der Waals surface area contributed by atoms with Crippen molar-refractivity contribution in [3.63, 3.8) is 0 Å². The predicted molar refractivity (Wildman–Crippen MR) is 210 cm³/mol. The summed E-state index contributed by atoms with van der Waals surface area (Å²) in [4.78, 5) is 0. The molecule has 0 bridgehead atoms. The van der Waals surface area contributed by atoms with Crippen LogP contribution in [-0.4, -0.2) is 47.9 Å². The number of ether oxygens (including phenoxy) is 4. The highest BCUT2D eigenvalue weighted by atomic mass is 16.7. The van der Waals surface area contributed by atoms with E-state index in [0.717, 1.165) is 33.8 Å². The number of aliphatic hydroxyl groups is 1. The molecular weight excluding hydrogens is 678 g/mol. The van der Waals surface area contributed by atoms with Gasteiger partial charge < -0.3 is 38.0 Å². The lowest BCUT2D eigenvalue weighted by molar-refractivity contribution is -0.0358. The van der Waals surface area contributed by atoms with E-state index in [9.17, 15) is 5.11 Å². The van der Waals surface area contributed by atoms with Gasteiger partial charge in [-0.15, -0.1) is 0 Å². The Hall–Kier alpha value is -5.51. The van der Waals surface area contributed by atoms with Crippen LogP contribution < -0.4 is 18.9 Å². The lowest BCUT2D eigenvalue weighted by Gasteiger charge is -2.38. The zero-order chi connectivity index (χ0) is 37.5. The van der Waals surface area contributed by atoms with E-state index in [2.05, 4.69) is 0 Å². The van der Waals surface area contributed by atoms with E-state index in [1.807, 2.05) is 158 Å². The summed E-state index contributed by atoms with van der Waals surface area (Å²) >= 11 is 0. The van der Waals surface area contributed by atoms with Crippen LogP contribution in [0.1, 0.15) is 45.6 Å². The first-order valence-electron chi connectivity index (χ1n) is 17.8. The highest BCUT2D eigenvalue weighted by molar-refractivity contribution is 7.03. The number of methoxy groups -OCH3 is 4. The summed E-state index contributed by atoms with van der Waals surface area (Å²) in [6, 6.07) is 50.2. The minimum Gasteiger partial charge on any atom is -0.497 e. The maximum Gasteiger partial charge on any atom is 0.442 e. The van der Waals surface area contributed by atoms with Crippen LogP contribution in [0.2, 0.25) is 0 Å². The Morgan fingerprint density at radius 2 is 0.981 bits per heavy atom. The molecule has 0 spiro atoms. The van der Waals surface area contributed by atoms with Crippen molar-refractivity contribution in [2.24, 2.45) is 0 Å². The van der Waals surface area contributed by atoms with Gasteiger partial charge in [-0.05, 0) is 81.9 Å². The Bertz CT molecular complexity index is 1980. The lowest BCUT2D eigenvalue weighted by atomic mass is 9.55. The molecule has 1 aliphatic heterocycles. The zero-order valence-corrected chi connectivity index (χ0v) is 30.8. The molecule has 7 rings (SSSR count). The third kappa shape index (κ3) is 7.09. The largest absolute Gasteiger partial charge is 0.497 e. The van der Waals surface area contributed by atoms with Crippen LogP contribution in [0.4, 0.5) is 0 Å². The molecule has 272 valence electrons. The first kappa shape index (κ1) is 36.8. The minimum absolute atomic E-state index is 0.0222. The lowest BCUT2D eigenvalue weighted by Crippen LogP contribution is -2.40. The Kier molecular flexibility index (Phi) is 11.1. The summed E-state index contributed by atoms with van der Waals surface area (Å²) in [5, 5.41) is 13.1. The van der Waals surface area contributed by atoms with Crippen molar-refractivity contribution in [1.82, 2.24) is 0 Å². The van der Waals surface area contributed by atoms with Crippen LogP contribution >= 0.6 is 0 Å². The smallest absolute Gasteiger partial charge is 0.442 e. The molecule has 54 heavy (non-hydrogen) atoms. The van der Waals surface area contributed by atoms with Crippen LogP contribution in [-0.2, 0) is 25.2 Å². The second-order valence-corrected chi connectivity index (χ2v) is 13.0. The van der Waals surface area contributed by atoms with Crippen LogP contribution in [0.3, 0.4) is 0 Å². The van der Waals surface area contributed by atoms with Crippen molar-refractivity contribution < 1.29 is 38.0 Å². The summed E-state index contributed by atoms with van der Waals surface area (Å²) in [7, 11) is 5.64. The van der Waals surface area contributed by atoms with Crippen LogP contribution in [0.15, 0.2) is 158 Å². The van der Waals surface area contributed by atoms with Gasteiger partial charge >= 0.3 is 14.4 Å². The third-order valence-electron chi connectivity index (χ3n) is 10.1. The third-order valence-corrected chi connectivity index (χ3v) is 10.1. The quantitative estimate of drug-likeness (QED) is 0.114. The average Bonchev–Trinajstić information content (AvgIpc) is 3.65. The van der Waals surface area contributed by atoms with E-state index >= 15 is 0 Å². The Labute approximate surface area is 317 Å². The van der Waals surface area contributed by atoms with Crippen molar-refractivity contribution in [2.75, 3.05) is 28.4 Å². The molecule has 6 aromatic rings. The van der Waals surface area contributed by atoms with Crippen molar-refractivity contribution in [3.05, 3.63) is 191 Å². The number of benzene rings is 6. The summed E-state index contributed by atoms with van der Waals surface area (Å²) in [6.07, 6.45) is -1.48. The van der Waals surface area contributed by atoms with Crippen LogP contribution in [0.5, 0.6) is 23.0 Å². The van der Waals surface area contributed by atoms with Crippen molar-refractivity contribution in [1.29, 1.82) is 0 Å². The van der Waals surface area contributed by atoms with Crippen molar-refractivity contribution in [2.45, 2.75) is 23.4 Å². The Morgan fingerprint density at radius 3 is 1.41 bits per heavy atom. The van der Waals surface area contributed by atoms with Gasteiger partial charge in [-0.3, -0.25) is 0 Å². The summed E-state index contributed by atoms with van der Waals surface area (Å²) in [5.74, 6) is 2.78. The minimum atomic E-state index is -1.67. The summed E-state index contributed by atoms with van der Waals surface area (Å²) < 4.78 is 43.0. The van der Waals surface area contributed by atoms with Gasteiger partial charge in [-0.2, -0.15) is 0 Å². The molecule has 8 nitrogen and oxygen atoms in total. The molecule has 1 fully saturated rings. The molecule has 2 unspecified atom stereocenters. The highest BCUT2D eigenvalue weighted by Crippen LogP contribution is 2.52. The van der Waals surface area contributed by atoms with Gasteiger partial charge in [0.2, 0.25) is 0 Å². The average molecular weight is 720 g/mol. The highest BCUT2D eigenvalue weighted by Gasteiger charge is 2.55. The van der Waals surface area contributed by atoms with Gasteiger partial charge in [-0.1, -0.05) is 109 Å². The van der Waals surface area contributed by atoms with Crippen molar-refractivity contribution in [3.8, 4) is 23.0 Å². The number of hydrogen-bond acceptors (Lipinski definition) is 8. The maximum absolute atomic E-state index is 13.1. The monoisotopic (exact) mass is 720 g/mol. The fourth-order valence-corrected chi connectivity index (χ4v) is 7.26. The molecule has 1 saturated heterocycles. The topological polar surface area (TPSA) is 84.8 Å². The van der Waals surface area contributed by atoms with E-state index in [4.69, 9.17) is 32.9 Å². The molecule has 10 heteroatoms. The predicted octanol–water partition coefficient (Wildman–Crippen LogP) is 7.78. The first-order valence-corrected chi connectivity index (χ1v) is 17.8. The molecule has 6 aromatic carbocycles. The van der Waals surface area contributed by atoms with Gasteiger partial charge in [0.1, 0.15) is 46.4 Å². The molecule has 0 aromatic heterocycles. The van der Waals surface area contributed by atoms with Crippen LogP contribution in [0, 0.1) is 0 Å². The zero-order valence-electron chi connectivity index (χ0n) is 30.8.